The third kappa shape index (κ3) is 3.15. The second kappa shape index (κ2) is 6.86. The van der Waals surface area contributed by atoms with E-state index in [9.17, 15) is 4.79 Å². The van der Waals surface area contributed by atoms with E-state index >= 15 is 0 Å². The van der Waals surface area contributed by atoms with Crippen LogP contribution in [0, 0.1) is 0 Å². The van der Waals surface area contributed by atoms with Gasteiger partial charge in [-0.15, -0.1) is 11.3 Å². The van der Waals surface area contributed by atoms with E-state index in [0.29, 0.717) is 13.2 Å². The third-order valence-electron chi connectivity index (χ3n) is 5.05. The van der Waals surface area contributed by atoms with E-state index in [4.69, 9.17) is 9.72 Å². The van der Waals surface area contributed by atoms with Crippen LogP contribution < -0.4 is 10.9 Å². The molecule has 3 aromatic rings. The first kappa shape index (κ1) is 16.6. The van der Waals surface area contributed by atoms with Crippen molar-refractivity contribution in [3.05, 3.63) is 57.6 Å². The number of pyridine rings is 1. The molecule has 5 rings (SSSR count). The minimum atomic E-state index is -0.173. The van der Waals surface area contributed by atoms with Crippen LogP contribution in [0.2, 0.25) is 0 Å². The zero-order chi connectivity index (χ0) is 18.2. The quantitative estimate of drug-likeness (QED) is 0.747. The van der Waals surface area contributed by atoms with Gasteiger partial charge in [-0.2, -0.15) is 5.10 Å². The molecule has 0 radical (unpaired) electrons. The first-order valence-corrected chi connectivity index (χ1v) is 9.93. The van der Waals surface area contributed by atoms with E-state index in [0.717, 1.165) is 29.2 Å². The van der Waals surface area contributed by atoms with E-state index in [1.807, 2.05) is 12.1 Å². The number of nitrogens with zero attached hydrogens (tertiary/aromatic N) is 4. The van der Waals surface area contributed by atoms with Gasteiger partial charge in [0.05, 0.1) is 30.6 Å². The summed E-state index contributed by atoms with van der Waals surface area (Å²) < 4.78 is 7.21. The highest BCUT2D eigenvalue weighted by Gasteiger charge is 2.32. The van der Waals surface area contributed by atoms with E-state index in [1.165, 1.54) is 21.7 Å². The zero-order valence-corrected chi connectivity index (χ0v) is 15.5. The van der Waals surface area contributed by atoms with E-state index in [2.05, 4.69) is 15.4 Å². The molecule has 3 aromatic heterocycles. The van der Waals surface area contributed by atoms with Crippen LogP contribution in [0.3, 0.4) is 0 Å². The Morgan fingerprint density at radius 1 is 1.22 bits per heavy atom. The van der Waals surface area contributed by atoms with Gasteiger partial charge in [0, 0.05) is 28.9 Å². The molecule has 1 aliphatic carbocycles. The molecular weight excluding hydrogens is 362 g/mol. The van der Waals surface area contributed by atoms with Crippen molar-refractivity contribution in [3.63, 3.8) is 0 Å². The highest BCUT2D eigenvalue weighted by molar-refractivity contribution is 7.15. The normalized spacial score (nSPS) is 21.3. The highest BCUT2D eigenvalue weighted by Crippen LogP contribution is 2.32. The molecule has 1 N–H and O–H groups in total. The molecule has 27 heavy (non-hydrogen) atoms. The summed E-state index contributed by atoms with van der Waals surface area (Å²) in [5.74, 6) is 0. The molecule has 0 aromatic carbocycles. The lowest BCUT2D eigenvalue weighted by molar-refractivity contribution is 0.183. The molecule has 0 saturated carbocycles. The Balaban J connectivity index is 1.43. The van der Waals surface area contributed by atoms with Gasteiger partial charge in [-0.3, -0.25) is 9.78 Å². The maximum absolute atomic E-state index is 12.5. The molecule has 8 heteroatoms. The Morgan fingerprint density at radius 3 is 3.04 bits per heavy atom. The Kier molecular flexibility index (Phi) is 4.21. The minimum absolute atomic E-state index is 0.0365. The molecule has 7 nitrogen and oxygen atoms in total. The van der Waals surface area contributed by atoms with Crippen LogP contribution in [0.4, 0.5) is 5.13 Å². The van der Waals surface area contributed by atoms with Crippen molar-refractivity contribution in [2.75, 3.05) is 18.5 Å². The SMILES string of the molecule is O=c1ccc(-c2cccnc2)nn1C1COCC1Nc1nc2c(s1)CCC2. The van der Waals surface area contributed by atoms with Crippen molar-refractivity contribution in [1.29, 1.82) is 0 Å². The van der Waals surface area contributed by atoms with Crippen molar-refractivity contribution in [2.24, 2.45) is 0 Å². The molecular formula is C19H19N5O2S. The van der Waals surface area contributed by atoms with E-state index in [1.54, 1.807) is 35.9 Å². The largest absolute Gasteiger partial charge is 0.377 e. The first-order chi connectivity index (χ1) is 13.3. The molecule has 1 aliphatic heterocycles. The number of aromatic nitrogens is 4. The Bertz CT molecular complexity index is 995. The zero-order valence-electron chi connectivity index (χ0n) is 14.7. The average Bonchev–Trinajstić information content (AvgIpc) is 3.40. The maximum Gasteiger partial charge on any atom is 0.267 e. The maximum atomic E-state index is 12.5. The molecule has 0 amide bonds. The molecule has 0 bridgehead atoms. The summed E-state index contributed by atoms with van der Waals surface area (Å²) in [6.45, 7) is 0.978. The Morgan fingerprint density at radius 2 is 2.19 bits per heavy atom. The van der Waals surface area contributed by atoms with Gasteiger partial charge in [-0.25, -0.2) is 9.67 Å². The van der Waals surface area contributed by atoms with Crippen molar-refractivity contribution < 1.29 is 4.74 Å². The summed E-state index contributed by atoms with van der Waals surface area (Å²) in [5.41, 5.74) is 2.69. The molecule has 0 spiro atoms. The summed E-state index contributed by atoms with van der Waals surface area (Å²) >= 11 is 1.72. The average molecular weight is 381 g/mol. The predicted octanol–water partition coefficient (Wildman–Crippen LogP) is 2.30. The number of aryl methyl sites for hydroxylation is 2. The van der Waals surface area contributed by atoms with Crippen LogP contribution in [-0.4, -0.2) is 39.0 Å². The second-order valence-corrected chi connectivity index (χ2v) is 7.92. The summed E-state index contributed by atoms with van der Waals surface area (Å²) in [5, 5.41) is 8.98. The van der Waals surface area contributed by atoms with Gasteiger partial charge in [0.1, 0.15) is 6.04 Å². The van der Waals surface area contributed by atoms with Crippen molar-refractivity contribution in [1.82, 2.24) is 19.7 Å². The van der Waals surface area contributed by atoms with Crippen molar-refractivity contribution >= 4 is 16.5 Å². The molecule has 2 unspecified atom stereocenters. The topological polar surface area (TPSA) is 81.9 Å². The molecule has 1 saturated heterocycles. The number of hydrogen-bond acceptors (Lipinski definition) is 7. The fraction of sp³-hybridized carbons (Fsp3) is 0.368. The number of rotatable bonds is 4. The number of anilines is 1. The van der Waals surface area contributed by atoms with Crippen LogP contribution in [0.25, 0.3) is 11.3 Å². The van der Waals surface area contributed by atoms with Gasteiger partial charge >= 0.3 is 0 Å². The predicted molar refractivity (Wildman–Crippen MR) is 103 cm³/mol. The second-order valence-electron chi connectivity index (χ2n) is 6.84. The third-order valence-corrected chi connectivity index (χ3v) is 6.14. The standard InChI is InChI=1S/C19H19N5O2S/c25-18-7-6-13(12-3-2-8-20-9-12)23-24(18)16-11-26-10-15(16)22-19-21-14-4-1-5-17(14)27-19/h2-3,6-9,15-16H,1,4-5,10-11H2,(H,21,22). The molecule has 1 fully saturated rings. The summed E-state index contributed by atoms with van der Waals surface area (Å²) in [7, 11) is 0. The monoisotopic (exact) mass is 381 g/mol. The van der Waals surface area contributed by atoms with Crippen LogP contribution >= 0.6 is 11.3 Å². The summed E-state index contributed by atoms with van der Waals surface area (Å²) in [6, 6.07) is 6.88. The highest BCUT2D eigenvalue weighted by atomic mass is 32.1. The number of fused-ring (bicyclic) bond motifs is 1. The molecule has 138 valence electrons. The van der Waals surface area contributed by atoms with Crippen molar-refractivity contribution in [3.8, 4) is 11.3 Å². The number of nitrogens with one attached hydrogen (secondary N) is 1. The van der Waals surface area contributed by atoms with Gasteiger partial charge in [0.2, 0.25) is 0 Å². The Labute approximate surface area is 160 Å². The molecule has 2 aliphatic rings. The van der Waals surface area contributed by atoms with Crippen LogP contribution in [0.15, 0.2) is 41.5 Å². The van der Waals surface area contributed by atoms with E-state index in [-0.39, 0.29) is 17.6 Å². The fourth-order valence-corrected chi connectivity index (χ4v) is 4.78. The fourth-order valence-electron chi connectivity index (χ4n) is 3.66. The van der Waals surface area contributed by atoms with Crippen molar-refractivity contribution in [2.45, 2.75) is 31.3 Å². The molecule has 2 atom stereocenters. The van der Waals surface area contributed by atoms with Crippen LogP contribution in [0.1, 0.15) is 23.0 Å². The number of ether oxygens (including phenoxy) is 1. The number of thiazole rings is 1. The van der Waals surface area contributed by atoms with Gasteiger partial charge in [-0.05, 0) is 37.5 Å². The summed E-state index contributed by atoms with van der Waals surface area (Å²) in [6.07, 6.45) is 6.84. The van der Waals surface area contributed by atoms with Gasteiger partial charge in [0.15, 0.2) is 5.13 Å². The molecule has 4 heterocycles. The lowest BCUT2D eigenvalue weighted by atomic mass is 10.1. The lowest BCUT2D eigenvalue weighted by Crippen LogP contribution is -2.37. The van der Waals surface area contributed by atoms with Crippen LogP contribution in [0.5, 0.6) is 0 Å². The smallest absolute Gasteiger partial charge is 0.267 e. The lowest BCUT2D eigenvalue weighted by Gasteiger charge is -2.20. The summed E-state index contributed by atoms with van der Waals surface area (Å²) in [4.78, 5) is 22.7. The van der Waals surface area contributed by atoms with E-state index < -0.39 is 0 Å². The first-order valence-electron chi connectivity index (χ1n) is 9.11. The minimum Gasteiger partial charge on any atom is -0.377 e. The number of hydrogen-bond donors (Lipinski definition) is 1. The van der Waals surface area contributed by atoms with Gasteiger partial charge in [0.25, 0.3) is 5.56 Å². The van der Waals surface area contributed by atoms with Gasteiger partial charge < -0.3 is 10.1 Å². The van der Waals surface area contributed by atoms with Crippen LogP contribution in [-0.2, 0) is 17.6 Å². The van der Waals surface area contributed by atoms with Gasteiger partial charge in [-0.1, -0.05) is 0 Å². The Hall–Kier alpha value is -2.58.